The van der Waals surface area contributed by atoms with Crippen LogP contribution in [0.2, 0.25) is 0 Å². The van der Waals surface area contributed by atoms with Gasteiger partial charge in [-0.25, -0.2) is 0 Å². The van der Waals surface area contributed by atoms with Crippen LogP contribution in [0.15, 0.2) is 0 Å². The van der Waals surface area contributed by atoms with Crippen LogP contribution in [-0.2, 0) is 4.79 Å². The summed E-state index contributed by atoms with van der Waals surface area (Å²) in [4.78, 5) is 14.3. The van der Waals surface area contributed by atoms with Gasteiger partial charge in [-0.2, -0.15) is 0 Å². The Kier molecular flexibility index (Phi) is 3.85. The van der Waals surface area contributed by atoms with Gasteiger partial charge in [-0.1, -0.05) is 0 Å². The Morgan fingerprint density at radius 3 is 2.61 bits per heavy atom. The van der Waals surface area contributed by atoms with E-state index in [-0.39, 0.29) is 5.91 Å². The molecule has 1 amide bonds. The van der Waals surface area contributed by atoms with Crippen molar-refractivity contribution in [3.8, 4) is 0 Å². The van der Waals surface area contributed by atoms with Gasteiger partial charge in [-0.15, -0.1) is 0 Å². The van der Waals surface area contributed by atoms with Gasteiger partial charge in [-0.3, -0.25) is 9.69 Å². The van der Waals surface area contributed by atoms with E-state index in [0.29, 0.717) is 18.6 Å². The van der Waals surface area contributed by atoms with E-state index in [0.717, 1.165) is 25.6 Å². The highest BCUT2D eigenvalue weighted by Crippen LogP contribution is 2.30. The molecule has 4 nitrogen and oxygen atoms in total. The predicted octanol–water partition coefficient (Wildman–Crippen LogP) is 0.729. The van der Waals surface area contributed by atoms with Crippen molar-refractivity contribution in [3.05, 3.63) is 0 Å². The minimum absolute atomic E-state index is 0.233. The maximum atomic E-state index is 11.9. The number of hydrogen-bond donors (Lipinski definition) is 2. The van der Waals surface area contributed by atoms with Crippen LogP contribution in [0, 0.1) is 5.92 Å². The SMILES string of the molecule is O=C(CN(CC1CC1)CC1CCCN1)NC1CC1. The number of nitrogens with one attached hydrogen (secondary N) is 2. The van der Waals surface area contributed by atoms with E-state index in [1.54, 1.807) is 0 Å². The minimum atomic E-state index is 0.233. The molecule has 1 saturated heterocycles. The molecular formula is C14H25N3O. The minimum Gasteiger partial charge on any atom is -0.352 e. The fraction of sp³-hybridized carbons (Fsp3) is 0.929. The Labute approximate surface area is 109 Å². The van der Waals surface area contributed by atoms with E-state index in [1.165, 1.54) is 38.5 Å². The zero-order valence-electron chi connectivity index (χ0n) is 11.2. The molecule has 1 atom stereocenters. The quantitative estimate of drug-likeness (QED) is 0.701. The van der Waals surface area contributed by atoms with Crippen molar-refractivity contribution in [1.29, 1.82) is 0 Å². The molecule has 3 fully saturated rings. The summed E-state index contributed by atoms with van der Waals surface area (Å²) >= 11 is 0. The van der Waals surface area contributed by atoms with Crippen LogP contribution in [-0.4, -0.2) is 49.1 Å². The molecule has 0 spiro atoms. The summed E-state index contributed by atoms with van der Waals surface area (Å²) in [6, 6.07) is 1.10. The average molecular weight is 251 g/mol. The van der Waals surface area contributed by atoms with Crippen molar-refractivity contribution in [2.24, 2.45) is 5.92 Å². The molecular weight excluding hydrogens is 226 g/mol. The first-order valence-electron chi connectivity index (χ1n) is 7.55. The molecule has 0 aromatic carbocycles. The molecule has 2 aliphatic carbocycles. The molecule has 2 N–H and O–H groups in total. The summed E-state index contributed by atoms with van der Waals surface area (Å²) in [7, 11) is 0. The van der Waals surface area contributed by atoms with Gasteiger partial charge in [-0.05, 0) is 51.0 Å². The van der Waals surface area contributed by atoms with Gasteiger partial charge in [0, 0.05) is 25.2 Å². The topological polar surface area (TPSA) is 44.4 Å². The third kappa shape index (κ3) is 3.95. The lowest BCUT2D eigenvalue weighted by atomic mass is 10.2. The van der Waals surface area contributed by atoms with Gasteiger partial charge in [0.25, 0.3) is 0 Å². The Morgan fingerprint density at radius 1 is 1.17 bits per heavy atom. The van der Waals surface area contributed by atoms with Crippen LogP contribution >= 0.6 is 0 Å². The Bertz CT molecular complexity index is 293. The molecule has 1 unspecified atom stereocenters. The van der Waals surface area contributed by atoms with Crippen LogP contribution in [0.5, 0.6) is 0 Å². The lowest BCUT2D eigenvalue weighted by Crippen LogP contribution is -2.44. The largest absolute Gasteiger partial charge is 0.352 e. The first-order valence-corrected chi connectivity index (χ1v) is 7.55. The highest BCUT2D eigenvalue weighted by atomic mass is 16.2. The Morgan fingerprint density at radius 2 is 2.00 bits per heavy atom. The average Bonchev–Trinajstić information content (AvgIpc) is 3.23. The molecule has 102 valence electrons. The fourth-order valence-corrected chi connectivity index (χ4v) is 2.80. The lowest BCUT2D eigenvalue weighted by molar-refractivity contribution is -0.122. The van der Waals surface area contributed by atoms with Crippen molar-refractivity contribution in [2.75, 3.05) is 26.2 Å². The fourth-order valence-electron chi connectivity index (χ4n) is 2.80. The third-order valence-electron chi connectivity index (χ3n) is 4.16. The van der Waals surface area contributed by atoms with E-state index in [9.17, 15) is 4.79 Å². The van der Waals surface area contributed by atoms with Gasteiger partial charge in [0.05, 0.1) is 6.54 Å². The van der Waals surface area contributed by atoms with E-state index >= 15 is 0 Å². The van der Waals surface area contributed by atoms with E-state index in [1.807, 2.05) is 0 Å². The zero-order valence-corrected chi connectivity index (χ0v) is 11.2. The van der Waals surface area contributed by atoms with Crippen molar-refractivity contribution in [1.82, 2.24) is 15.5 Å². The molecule has 0 bridgehead atoms. The molecule has 3 aliphatic rings. The van der Waals surface area contributed by atoms with Crippen LogP contribution in [0.25, 0.3) is 0 Å². The summed E-state index contributed by atoms with van der Waals surface area (Å²) in [5.74, 6) is 1.09. The second-order valence-electron chi connectivity index (χ2n) is 6.27. The van der Waals surface area contributed by atoms with Crippen LogP contribution < -0.4 is 10.6 Å². The normalized spacial score (nSPS) is 27.7. The van der Waals surface area contributed by atoms with E-state index < -0.39 is 0 Å². The van der Waals surface area contributed by atoms with Gasteiger partial charge < -0.3 is 10.6 Å². The second-order valence-corrected chi connectivity index (χ2v) is 6.27. The summed E-state index contributed by atoms with van der Waals surface area (Å²) in [5, 5.41) is 6.64. The van der Waals surface area contributed by atoms with Gasteiger partial charge in [0.15, 0.2) is 0 Å². The van der Waals surface area contributed by atoms with Crippen LogP contribution in [0.4, 0.5) is 0 Å². The maximum Gasteiger partial charge on any atom is 0.234 e. The lowest BCUT2D eigenvalue weighted by Gasteiger charge is -2.25. The van der Waals surface area contributed by atoms with Gasteiger partial charge in [0.2, 0.25) is 5.91 Å². The third-order valence-corrected chi connectivity index (χ3v) is 4.16. The summed E-state index contributed by atoms with van der Waals surface area (Å²) < 4.78 is 0. The second kappa shape index (κ2) is 5.57. The first-order chi connectivity index (χ1) is 8.79. The molecule has 18 heavy (non-hydrogen) atoms. The van der Waals surface area contributed by atoms with Crippen LogP contribution in [0.1, 0.15) is 38.5 Å². The molecule has 1 aliphatic heterocycles. The zero-order chi connectivity index (χ0) is 12.4. The smallest absolute Gasteiger partial charge is 0.234 e. The van der Waals surface area contributed by atoms with E-state index in [2.05, 4.69) is 15.5 Å². The number of nitrogens with zero attached hydrogens (tertiary/aromatic N) is 1. The molecule has 1 heterocycles. The van der Waals surface area contributed by atoms with Crippen LogP contribution in [0.3, 0.4) is 0 Å². The highest BCUT2D eigenvalue weighted by Gasteiger charge is 2.29. The predicted molar refractivity (Wildman–Crippen MR) is 71.4 cm³/mol. The van der Waals surface area contributed by atoms with Crippen molar-refractivity contribution in [3.63, 3.8) is 0 Å². The number of amides is 1. The molecule has 2 saturated carbocycles. The Hall–Kier alpha value is -0.610. The summed E-state index contributed by atoms with van der Waals surface area (Å²) in [6.07, 6.45) is 7.64. The first kappa shape index (κ1) is 12.4. The number of carbonyl (C=O) groups is 1. The van der Waals surface area contributed by atoms with Crippen molar-refractivity contribution in [2.45, 2.75) is 50.6 Å². The molecule has 0 radical (unpaired) electrons. The standard InChI is InChI=1S/C14H25N3O/c18-14(16-12-5-6-12)10-17(8-11-3-4-11)9-13-2-1-7-15-13/h11-13,15H,1-10H2,(H,16,18). The monoisotopic (exact) mass is 251 g/mol. The summed E-state index contributed by atoms with van der Waals surface area (Å²) in [5.41, 5.74) is 0. The Balaban J connectivity index is 1.45. The highest BCUT2D eigenvalue weighted by molar-refractivity contribution is 5.78. The molecule has 4 heteroatoms. The molecule has 3 rings (SSSR count). The number of hydrogen-bond acceptors (Lipinski definition) is 3. The summed E-state index contributed by atoms with van der Waals surface area (Å²) in [6.45, 7) is 3.92. The van der Waals surface area contributed by atoms with Gasteiger partial charge >= 0.3 is 0 Å². The number of carbonyl (C=O) groups excluding carboxylic acids is 1. The van der Waals surface area contributed by atoms with Crippen molar-refractivity contribution >= 4 is 5.91 Å². The van der Waals surface area contributed by atoms with Gasteiger partial charge in [0.1, 0.15) is 0 Å². The number of rotatable bonds is 7. The molecule has 0 aromatic rings. The van der Waals surface area contributed by atoms with E-state index in [4.69, 9.17) is 0 Å². The maximum absolute atomic E-state index is 11.9. The molecule has 0 aromatic heterocycles. The van der Waals surface area contributed by atoms with Crippen molar-refractivity contribution < 1.29 is 4.79 Å².